The van der Waals surface area contributed by atoms with Crippen molar-refractivity contribution in [3.05, 3.63) is 40.3 Å². The number of nitrogens with two attached hydrogens (primary N) is 1. The Bertz CT molecular complexity index is 433. The number of rotatable bonds is 3. The van der Waals surface area contributed by atoms with Crippen molar-refractivity contribution in [2.45, 2.75) is 13.5 Å². The first-order chi connectivity index (χ1) is 7.24. The van der Waals surface area contributed by atoms with Gasteiger partial charge in [0.25, 0.3) is 0 Å². The molecule has 0 radical (unpaired) electrons. The normalized spacial score (nSPS) is 10.2. The van der Waals surface area contributed by atoms with Crippen LogP contribution in [0.25, 0.3) is 0 Å². The van der Waals surface area contributed by atoms with Crippen LogP contribution in [0.15, 0.2) is 30.5 Å². The van der Waals surface area contributed by atoms with Crippen LogP contribution in [0.3, 0.4) is 0 Å². The summed E-state index contributed by atoms with van der Waals surface area (Å²) in [6, 6.07) is 7.70. The smallest absolute Gasteiger partial charge is 0.112 e. The monoisotopic (exact) mass is 219 g/mol. The van der Waals surface area contributed by atoms with Crippen molar-refractivity contribution in [2.75, 3.05) is 11.1 Å². The first-order valence-electron chi connectivity index (χ1n) is 4.75. The van der Waals surface area contributed by atoms with E-state index in [9.17, 15) is 0 Å². The Morgan fingerprint density at radius 1 is 1.33 bits per heavy atom. The van der Waals surface area contributed by atoms with Crippen LogP contribution in [0.1, 0.15) is 9.88 Å². The summed E-state index contributed by atoms with van der Waals surface area (Å²) in [5.74, 6) is 0. The van der Waals surface area contributed by atoms with E-state index in [4.69, 9.17) is 5.73 Å². The maximum atomic E-state index is 5.60. The van der Waals surface area contributed by atoms with E-state index in [1.165, 1.54) is 4.88 Å². The van der Waals surface area contributed by atoms with Crippen LogP contribution in [-0.2, 0) is 6.54 Å². The van der Waals surface area contributed by atoms with E-state index in [1.807, 2.05) is 30.5 Å². The lowest BCUT2D eigenvalue weighted by atomic mass is 10.3. The molecule has 0 amide bonds. The summed E-state index contributed by atoms with van der Waals surface area (Å²) in [5.41, 5.74) is 7.45. The molecule has 2 rings (SSSR count). The summed E-state index contributed by atoms with van der Waals surface area (Å²) < 4.78 is 0. The van der Waals surface area contributed by atoms with E-state index in [2.05, 4.69) is 17.2 Å². The molecule has 3 nitrogen and oxygen atoms in total. The molecular formula is C11H13N3S. The van der Waals surface area contributed by atoms with Gasteiger partial charge in [0.15, 0.2) is 0 Å². The molecule has 0 fully saturated rings. The third-order valence-electron chi connectivity index (χ3n) is 2.02. The lowest BCUT2D eigenvalue weighted by Crippen LogP contribution is -1.98. The van der Waals surface area contributed by atoms with E-state index in [0.717, 1.165) is 22.9 Å². The molecule has 0 aliphatic carbocycles. The number of nitrogen functional groups attached to an aromatic ring is 1. The standard InChI is InChI=1S/C11H13N3S/c1-8-6-14-11(15-8)7-13-10-4-2-9(12)3-5-10/h2-6,13H,7,12H2,1H3. The van der Waals surface area contributed by atoms with E-state index in [1.54, 1.807) is 11.3 Å². The minimum absolute atomic E-state index is 0.766. The van der Waals surface area contributed by atoms with Gasteiger partial charge in [-0.1, -0.05) is 0 Å². The average molecular weight is 219 g/mol. The molecule has 4 heteroatoms. The van der Waals surface area contributed by atoms with Crippen LogP contribution in [0.2, 0.25) is 0 Å². The Kier molecular flexibility index (Phi) is 2.87. The number of nitrogens with zero attached hydrogens (tertiary/aromatic N) is 1. The molecule has 78 valence electrons. The highest BCUT2D eigenvalue weighted by Gasteiger charge is 1.98. The van der Waals surface area contributed by atoms with E-state index < -0.39 is 0 Å². The molecule has 0 unspecified atom stereocenters. The van der Waals surface area contributed by atoms with Gasteiger partial charge in [-0.3, -0.25) is 0 Å². The van der Waals surface area contributed by atoms with Crippen LogP contribution in [0.5, 0.6) is 0 Å². The number of anilines is 2. The van der Waals surface area contributed by atoms with E-state index in [-0.39, 0.29) is 0 Å². The predicted molar refractivity (Wildman–Crippen MR) is 65.0 cm³/mol. The second-order valence-electron chi connectivity index (χ2n) is 3.34. The molecule has 3 N–H and O–H groups in total. The van der Waals surface area contributed by atoms with Gasteiger partial charge in [0.05, 0.1) is 6.54 Å². The first kappa shape index (κ1) is 9.98. The minimum Gasteiger partial charge on any atom is -0.399 e. The molecule has 0 atom stereocenters. The predicted octanol–water partition coefficient (Wildman–Crippen LogP) is 2.65. The van der Waals surface area contributed by atoms with Crippen LogP contribution in [0.4, 0.5) is 11.4 Å². The number of hydrogen-bond acceptors (Lipinski definition) is 4. The number of thiazole rings is 1. The van der Waals surface area contributed by atoms with Gasteiger partial charge >= 0.3 is 0 Å². The summed E-state index contributed by atoms with van der Waals surface area (Å²) in [4.78, 5) is 5.52. The van der Waals surface area contributed by atoms with Gasteiger partial charge in [0.1, 0.15) is 5.01 Å². The van der Waals surface area contributed by atoms with Crippen molar-refractivity contribution >= 4 is 22.7 Å². The molecule has 0 spiro atoms. The van der Waals surface area contributed by atoms with E-state index >= 15 is 0 Å². The summed E-state index contributed by atoms with van der Waals surface area (Å²) in [6.45, 7) is 2.83. The Hall–Kier alpha value is -1.55. The zero-order chi connectivity index (χ0) is 10.7. The fourth-order valence-corrected chi connectivity index (χ4v) is 1.99. The number of aryl methyl sites for hydroxylation is 1. The van der Waals surface area contributed by atoms with Gasteiger partial charge < -0.3 is 11.1 Å². The molecule has 0 aliphatic rings. The molecular weight excluding hydrogens is 206 g/mol. The van der Waals surface area contributed by atoms with Crippen molar-refractivity contribution in [1.29, 1.82) is 0 Å². The van der Waals surface area contributed by atoms with Crippen LogP contribution < -0.4 is 11.1 Å². The molecule has 0 aliphatic heterocycles. The molecule has 0 saturated heterocycles. The first-order valence-corrected chi connectivity index (χ1v) is 5.56. The average Bonchev–Trinajstić information content (AvgIpc) is 2.64. The van der Waals surface area contributed by atoms with Gasteiger partial charge in [-0.2, -0.15) is 0 Å². The van der Waals surface area contributed by atoms with Crippen LogP contribution in [-0.4, -0.2) is 4.98 Å². The van der Waals surface area contributed by atoms with Gasteiger partial charge in [0.2, 0.25) is 0 Å². The summed E-state index contributed by atoms with van der Waals surface area (Å²) in [6.07, 6.45) is 1.89. The topological polar surface area (TPSA) is 50.9 Å². The highest BCUT2D eigenvalue weighted by atomic mass is 32.1. The highest BCUT2D eigenvalue weighted by Crippen LogP contribution is 2.15. The largest absolute Gasteiger partial charge is 0.399 e. The van der Waals surface area contributed by atoms with Gasteiger partial charge in [-0.05, 0) is 31.2 Å². The maximum Gasteiger partial charge on any atom is 0.112 e. The van der Waals surface area contributed by atoms with Crippen molar-refractivity contribution < 1.29 is 0 Å². The number of nitrogens with one attached hydrogen (secondary N) is 1. The number of hydrogen-bond donors (Lipinski definition) is 2. The lowest BCUT2D eigenvalue weighted by molar-refractivity contribution is 1.10. The molecule has 0 saturated carbocycles. The summed E-state index contributed by atoms with van der Waals surface area (Å²) in [5, 5.41) is 4.40. The molecule has 1 aromatic heterocycles. The zero-order valence-electron chi connectivity index (χ0n) is 8.53. The van der Waals surface area contributed by atoms with Crippen LogP contribution >= 0.6 is 11.3 Å². The Morgan fingerprint density at radius 3 is 2.67 bits per heavy atom. The van der Waals surface area contributed by atoms with Crippen molar-refractivity contribution in [3.8, 4) is 0 Å². The number of aromatic nitrogens is 1. The Morgan fingerprint density at radius 2 is 2.07 bits per heavy atom. The second kappa shape index (κ2) is 4.31. The maximum absolute atomic E-state index is 5.60. The third kappa shape index (κ3) is 2.70. The molecule has 15 heavy (non-hydrogen) atoms. The second-order valence-corrected chi connectivity index (χ2v) is 4.66. The van der Waals surface area contributed by atoms with Crippen molar-refractivity contribution in [2.24, 2.45) is 0 Å². The highest BCUT2D eigenvalue weighted by molar-refractivity contribution is 7.11. The molecule has 0 bridgehead atoms. The van der Waals surface area contributed by atoms with Crippen LogP contribution in [0, 0.1) is 6.92 Å². The fraction of sp³-hybridized carbons (Fsp3) is 0.182. The summed E-state index contributed by atoms with van der Waals surface area (Å²) >= 11 is 1.71. The minimum atomic E-state index is 0.766. The SMILES string of the molecule is Cc1cnc(CNc2ccc(N)cc2)s1. The van der Waals surface area contributed by atoms with Gasteiger partial charge in [-0.25, -0.2) is 4.98 Å². The zero-order valence-corrected chi connectivity index (χ0v) is 9.34. The van der Waals surface area contributed by atoms with E-state index in [0.29, 0.717) is 0 Å². The molecule has 2 aromatic rings. The van der Waals surface area contributed by atoms with Gasteiger partial charge in [-0.15, -0.1) is 11.3 Å². The molecule has 1 aromatic carbocycles. The summed E-state index contributed by atoms with van der Waals surface area (Å²) in [7, 11) is 0. The number of benzene rings is 1. The quantitative estimate of drug-likeness (QED) is 0.780. The fourth-order valence-electron chi connectivity index (χ4n) is 1.26. The lowest BCUT2D eigenvalue weighted by Gasteiger charge is -2.03. The Balaban J connectivity index is 1.96. The van der Waals surface area contributed by atoms with Crippen molar-refractivity contribution in [1.82, 2.24) is 4.98 Å². The van der Waals surface area contributed by atoms with Crippen molar-refractivity contribution in [3.63, 3.8) is 0 Å². The molecule has 1 heterocycles. The third-order valence-corrected chi connectivity index (χ3v) is 2.94. The Labute approximate surface area is 93.0 Å². The van der Waals surface area contributed by atoms with Gasteiger partial charge in [0, 0.05) is 22.4 Å².